The Bertz CT molecular complexity index is 492. The van der Waals surface area contributed by atoms with E-state index in [1.165, 1.54) is 0 Å². The molecule has 0 fully saturated rings. The number of nitrogens with one attached hydrogen (secondary N) is 1. The summed E-state index contributed by atoms with van der Waals surface area (Å²) in [5.41, 5.74) is 1.89. The largest absolute Gasteiger partial charge is 0.463 e. The summed E-state index contributed by atoms with van der Waals surface area (Å²) in [6.45, 7) is 6.94. The van der Waals surface area contributed by atoms with E-state index in [-0.39, 0.29) is 0 Å². The number of anilines is 1. The fourth-order valence-corrected chi connectivity index (χ4v) is 1.70. The highest BCUT2D eigenvalue weighted by Crippen LogP contribution is 2.25. The third-order valence-electron chi connectivity index (χ3n) is 2.55. The number of hydrogen-bond acceptors (Lipinski definition) is 4. The molecule has 0 amide bonds. The zero-order valence-electron chi connectivity index (χ0n) is 10.4. The van der Waals surface area contributed by atoms with Crippen molar-refractivity contribution in [3.8, 4) is 11.5 Å². The van der Waals surface area contributed by atoms with Crippen molar-refractivity contribution in [2.24, 2.45) is 0 Å². The molecular formula is C13H17N3O. The second kappa shape index (κ2) is 4.99. The molecule has 90 valence electrons. The van der Waals surface area contributed by atoms with Gasteiger partial charge in [-0.2, -0.15) is 0 Å². The standard InChI is InChI=1S/C13H17N3O/c1-4-7-14-13-9(2)12(15-10(3)16-13)11-6-5-8-17-11/h5-6,8H,4,7H2,1-3H3,(H,14,15,16). The molecule has 0 aliphatic heterocycles. The lowest BCUT2D eigenvalue weighted by Gasteiger charge is -2.11. The van der Waals surface area contributed by atoms with E-state index in [1.54, 1.807) is 6.26 Å². The molecule has 2 heterocycles. The average Bonchev–Trinajstić information content (AvgIpc) is 2.83. The molecule has 0 saturated heterocycles. The summed E-state index contributed by atoms with van der Waals surface area (Å²) < 4.78 is 5.40. The number of hydrogen-bond donors (Lipinski definition) is 1. The van der Waals surface area contributed by atoms with Gasteiger partial charge in [0.1, 0.15) is 17.3 Å². The van der Waals surface area contributed by atoms with Crippen LogP contribution in [0.25, 0.3) is 11.5 Å². The van der Waals surface area contributed by atoms with E-state index >= 15 is 0 Å². The summed E-state index contributed by atoms with van der Waals surface area (Å²) in [5, 5.41) is 3.31. The maximum absolute atomic E-state index is 5.40. The molecule has 0 saturated carbocycles. The molecule has 0 bridgehead atoms. The zero-order valence-corrected chi connectivity index (χ0v) is 10.4. The van der Waals surface area contributed by atoms with Gasteiger partial charge in [0.05, 0.1) is 6.26 Å². The average molecular weight is 231 g/mol. The number of nitrogens with zero attached hydrogens (tertiary/aromatic N) is 2. The van der Waals surface area contributed by atoms with Crippen LogP contribution in [0.2, 0.25) is 0 Å². The van der Waals surface area contributed by atoms with Crippen LogP contribution in [-0.4, -0.2) is 16.5 Å². The van der Waals surface area contributed by atoms with Crippen LogP contribution >= 0.6 is 0 Å². The van der Waals surface area contributed by atoms with Gasteiger partial charge in [0.25, 0.3) is 0 Å². The van der Waals surface area contributed by atoms with E-state index in [1.807, 2.05) is 26.0 Å². The van der Waals surface area contributed by atoms with E-state index in [0.717, 1.165) is 41.6 Å². The van der Waals surface area contributed by atoms with Crippen LogP contribution in [0.15, 0.2) is 22.8 Å². The quantitative estimate of drug-likeness (QED) is 0.878. The summed E-state index contributed by atoms with van der Waals surface area (Å²) in [7, 11) is 0. The van der Waals surface area contributed by atoms with E-state index in [4.69, 9.17) is 4.42 Å². The molecule has 2 aromatic heterocycles. The minimum atomic E-state index is 0.751. The highest BCUT2D eigenvalue weighted by Gasteiger charge is 2.12. The Hall–Kier alpha value is -1.84. The third-order valence-corrected chi connectivity index (χ3v) is 2.55. The maximum atomic E-state index is 5.40. The molecule has 0 atom stereocenters. The van der Waals surface area contributed by atoms with Gasteiger partial charge < -0.3 is 9.73 Å². The number of furan rings is 1. The lowest BCUT2D eigenvalue weighted by atomic mass is 10.2. The van der Waals surface area contributed by atoms with Gasteiger partial charge in [0, 0.05) is 12.1 Å². The van der Waals surface area contributed by atoms with Crippen LogP contribution in [0, 0.1) is 13.8 Å². The molecule has 17 heavy (non-hydrogen) atoms. The lowest BCUT2D eigenvalue weighted by molar-refractivity contribution is 0.579. The van der Waals surface area contributed by atoms with E-state index in [2.05, 4.69) is 22.2 Å². The first-order valence-electron chi connectivity index (χ1n) is 5.85. The Morgan fingerprint density at radius 3 is 2.76 bits per heavy atom. The number of rotatable bonds is 4. The van der Waals surface area contributed by atoms with Crippen LogP contribution in [0.5, 0.6) is 0 Å². The van der Waals surface area contributed by atoms with Crippen LogP contribution in [0.3, 0.4) is 0 Å². The summed E-state index contributed by atoms with van der Waals surface area (Å²) in [5.74, 6) is 2.43. The molecular weight excluding hydrogens is 214 g/mol. The van der Waals surface area contributed by atoms with Gasteiger partial charge in [0.2, 0.25) is 0 Å². The summed E-state index contributed by atoms with van der Waals surface area (Å²) in [6.07, 6.45) is 2.73. The minimum Gasteiger partial charge on any atom is -0.463 e. The van der Waals surface area contributed by atoms with E-state index in [0.29, 0.717) is 0 Å². The Kier molecular flexibility index (Phi) is 3.42. The van der Waals surface area contributed by atoms with Crippen LogP contribution < -0.4 is 5.32 Å². The predicted octanol–water partition coefficient (Wildman–Crippen LogP) is 3.18. The Morgan fingerprint density at radius 2 is 2.12 bits per heavy atom. The van der Waals surface area contributed by atoms with E-state index < -0.39 is 0 Å². The van der Waals surface area contributed by atoms with E-state index in [9.17, 15) is 0 Å². The van der Waals surface area contributed by atoms with Crippen molar-refractivity contribution < 1.29 is 4.42 Å². The first-order valence-corrected chi connectivity index (χ1v) is 5.85. The molecule has 0 aliphatic carbocycles. The maximum Gasteiger partial charge on any atom is 0.152 e. The monoisotopic (exact) mass is 231 g/mol. The molecule has 4 nitrogen and oxygen atoms in total. The first kappa shape index (κ1) is 11.6. The van der Waals surface area contributed by atoms with Gasteiger partial charge in [0.15, 0.2) is 5.76 Å². The van der Waals surface area contributed by atoms with Crippen LogP contribution in [0.4, 0.5) is 5.82 Å². The van der Waals surface area contributed by atoms with Gasteiger partial charge in [-0.25, -0.2) is 9.97 Å². The molecule has 2 aromatic rings. The predicted molar refractivity (Wildman–Crippen MR) is 68.0 cm³/mol. The Balaban J connectivity index is 2.42. The zero-order chi connectivity index (χ0) is 12.3. The summed E-state index contributed by atoms with van der Waals surface area (Å²) in [4.78, 5) is 8.86. The molecule has 2 rings (SSSR count). The van der Waals surface area contributed by atoms with Crippen molar-refractivity contribution in [3.05, 3.63) is 29.8 Å². The van der Waals surface area contributed by atoms with Crippen molar-refractivity contribution in [3.63, 3.8) is 0 Å². The molecule has 0 aliphatic rings. The van der Waals surface area contributed by atoms with Gasteiger partial charge >= 0.3 is 0 Å². The second-order valence-electron chi connectivity index (χ2n) is 4.00. The van der Waals surface area contributed by atoms with Crippen molar-refractivity contribution in [1.29, 1.82) is 0 Å². The highest BCUT2D eigenvalue weighted by atomic mass is 16.3. The Morgan fingerprint density at radius 1 is 1.29 bits per heavy atom. The van der Waals surface area contributed by atoms with Crippen LogP contribution in [-0.2, 0) is 0 Å². The van der Waals surface area contributed by atoms with Crippen LogP contribution in [0.1, 0.15) is 24.7 Å². The first-order chi connectivity index (χ1) is 8.22. The fraction of sp³-hybridized carbons (Fsp3) is 0.385. The van der Waals surface area contributed by atoms with Gasteiger partial charge in [-0.15, -0.1) is 0 Å². The summed E-state index contributed by atoms with van der Waals surface area (Å²) in [6, 6.07) is 3.78. The van der Waals surface area contributed by atoms with Crippen molar-refractivity contribution in [2.45, 2.75) is 27.2 Å². The van der Waals surface area contributed by atoms with Gasteiger partial charge in [-0.05, 0) is 32.4 Å². The van der Waals surface area contributed by atoms with Crippen molar-refractivity contribution in [2.75, 3.05) is 11.9 Å². The minimum absolute atomic E-state index is 0.751. The topological polar surface area (TPSA) is 51.0 Å². The Labute approximate surface area is 101 Å². The van der Waals surface area contributed by atoms with Crippen molar-refractivity contribution >= 4 is 5.82 Å². The SMILES string of the molecule is CCCNc1nc(C)nc(-c2ccco2)c1C. The van der Waals surface area contributed by atoms with Crippen molar-refractivity contribution in [1.82, 2.24) is 9.97 Å². The molecule has 0 unspecified atom stereocenters. The second-order valence-corrected chi connectivity index (χ2v) is 4.00. The molecule has 0 radical (unpaired) electrons. The molecule has 1 N–H and O–H groups in total. The lowest BCUT2D eigenvalue weighted by Crippen LogP contribution is -2.07. The summed E-state index contributed by atoms with van der Waals surface area (Å²) >= 11 is 0. The number of aryl methyl sites for hydroxylation is 1. The smallest absolute Gasteiger partial charge is 0.152 e. The fourth-order valence-electron chi connectivity index (χ4n) is 1.70. The third kappa shape index (κ3) is 2.46. The molecule has 0 spiro atoms. The normalized spacial score (nSPS) is 10.5. The molecule has 0 aromatic carbocycles. The van der Waals surface area contributed by atoms with Gasteiger partial charge in [-0.3, -0.25) is 0 Å². The number of aromatic nitrogens is 2. The van der Waals surface area contributed by atoms with Gasteiger partial charge in [-0.1, -0.05) is 6.92 Å². The molecule has 4 heteroatoms. The highest BCUT2D eigenvalue weighted by molar-refractivity contribution is 5.63.